The van der Waals surface area contributed by atoms with Crippen LogP contribution in [0, 0.1) is 0 Å². The summed E-state index contributed by atoms with van der Waals surface area (Å²) in [6, 6.07) is 0. The lowest BCUT2D eigenvalue weighted by Crippen LogP contribution is -2.48. The minimum atomic E-state index is -5.32. The maximum atomic E-state index is 12.7. The summed E-state index contributed by atoms with van der Waals surface area (Å²) >= 11 is -3.44. The summed E-state index contributed by atoms with van der Waals surface area (Å²) in [4.78, 5) is 0. The monoisotopic (exact) mass is 305 g/mol. The second-order valence-electron chi connectivity index (χ2n) is 2.57. The van der Waals surface area contributed by atoms with E-state index in [-0.39, 0.29) is 0 Å². The highest BCUT2D eigenvalue weighted by Gasteiger charge is 2.57. The summed E-state index contributed by atoms with van der Waals surface area (Å²) in [5.41, 5.74) is 0. The van der Waals surface area contributed by atoms with Gasteiger partial charge in [-0.25, -0.2) is 8.39 Å². The Kier molecular flexibility index (Phi) is 5.42. The van der Waals surface area contributed by atoms with Crippen molar-refractivity contribution in [2.45, 2.75) is 11.8 Å². The topological polar surface area (TPSA) is 113 Å². The molecular weight excluding hydrogens is 300 g/mol. The molecule has 0 saturated carbocycles. The summed E-state index contributed by atoms with van der Waals surface area (Å²) in [7, 11) is -5.32. The summed E-state index contributed by atoms with van der Waals surface area (Å²) < 4.78 is 104. The average Bonchev–Trinajstić information content (AvgIpc) is 2.10. The van der Waals surface area contributed by atoms with Crippen LogP contribution in [0.2, 0.25) is 0 Å². The number of hydrogen-bond acceptors (Lipinski definition) is 6. The zero-order valence-electron chi connectivity index (χ0n) is 7.64. The Hall–Kier alpha value is -0.340. The summed E-state index contributed by atoms with van der Waals surface area (Å²) in [6.45, 7) is -4.57. The average molecular weight is 305 g/mol. The maximum Gasteiger partial charge on any atom is 0.397 e. The molecule has 1 N–H and O–H groups in total. The smallest absolute Gasteiger partial charge is 0.397 e. The minimum absolute atomic E-state index is 2.20. The normalized spacial score (nSPS) is 15.9. The van der Waals surface area contributed by atoms with Crippen molar-refractivity contribution in [1.82, 2.24) is 0 Å². The van der Waals surface area contributed by atoms with Gasteiger partial charge in [0.25, 0.3) is 0 Å². The molecule has 0 bridgehead atoms. The van der Waals surface area contributed by atoms with Crippen LogP contribution >= 0.6 is 0 Å². The van der Waals surface area contributed by atoms with Gasteiger partial charge >= 0.3 is 22.2 Å². The van der Waals surface area contributed by atoms with Crippen LogP contribution in [-0.4, -0.2) is 46.8 Å². The molecule has 1 unspecified atom stereocenters. The molecule has 0 spiro atoms. The van der Waals surface area contributed by atoms with Crippen molar-refractivity contribution in [3.05, 3.63) is 0 Å². The lowest BCUT2D eigenvalue weighted by Gasteiger charge is -2.25. The van der Waals surface area contributed by atoms with Crippen LogP contribution in [0.15, 0.2) is 0 Å². The van der Waals surface area contributed by atoms with Gasteiger partial charge in [0.2, 0.25) is 0 Å². The molecule has 7 nitrogen and oxygen atoms in total. The van der Waals surface area contributed by atoms with Crippen molar-refractivity contribution < 1.29 is 47.7 Å². The van der Waals surface area contributed by atoms with Gasteiger partial charge in [-0.1, -0.05) is 0 Å². The van der Waals surface area contributed by atoms with E-state index < -0.39 is 46.8 Å². The first-order valence-corrected chi connectivity index (χ1v) is 5.84. The predicted octanol–water partition coefficient (Wildman–Crippen LogP) is -0.113. The van der Waals surface area contributed by atoms with E-state index in [2.05, 4.69) is 8.37 Å². The molecule has 0 amide bonds. The van der Waals surface area contributed by atoms with Crippen molar-refractivity contribution in [3.63, 3.8) is 0 Å². The fourth-order valence-electron chi connectivity index (χ4n) is 0.482. The van der Waals surface area contributed by atoms with Crippen molar-refractivity contribution in [2.24, 2.45) is 0 Å². The first kappa shape index (κ1) is 16.7. The Bertz CT molecular complexity index is 379. The highest BCUT2D eigenvalue weighted by atomic mass is 32.3. The van der Waals surface area contributed by atoms with Gasteiger partial charge in [-0.2, -0.15) is 26.0 Å². The van der Waals surface area contributed by atoms with E-state index in [1.807, 2.05) is 0 Å². The van der Waals surface area contributed by atoms with E-state index in [1.54, 1.807) is 0 Å². The number of hydrogen-bond donors (Lipinski definition) is 1. The summed E-state index contributed by atoms with van der Waals surface area (Å²) in [5.74, 6) is -10.1. The van der Waals surface area contributed by atoms with Gasteiger partial charge in [-0.15, -0.1) is 0 Å². The summed E-state index contributed by atoms with van der Waals surface area (Å²) in [6.07, 6.45) is 0. The number of alkyl halides is 4. The van der Waals surface area contributed by atoms with Gasteiger partial charge in [0.15, 0.2) is 0 Å². The largest absolute Gasteiger partial charge is 0.750 e. The molecule has 0 aliphatic rings. The molecule has 0 saturated heterocycles. The first-order valence-electron chi connectivity index (χ1n) is 3.47. The fraction of sp³-hybridized carbons (Fsp3) is 1.00. The third kappa shape index (κ3) is 6.23. The van der Waals surface area contributed by atoms with Gasteiger partial charge in [0.1, 0.15) is 13.2 Å². The Morgan fingerprint density at radius 1 is 1.18 bits per heavy atom. The van der Waals surface area contributed by atoms with Gasteiger partial charge in [0.05, 0.1) is 11.4 Å². The second kappa shape index (κ2) is 5.53. The van der Waals surface area contributed by atoms with Crippen molar-refractivity contribution in [3.8, 4) is 0 Å². The quantitative estimate of drug-likeness (QED) is 0.396. The van der Waals surface area contributed by atoms with Crippen LogP contribution in [-0.2, 0) is 30.1 Å². The third-order valence-corrected chi connectivity index (χ3v) is 1.99. The molecule has 0 aliphatic carbocycles. The van der Waals surface area contributed by atoms with E-state index in [1.165, 1.54) is 0 Å². The van der Waals surface area contributed by atoms with E-state index in [0.29, 0.717) is 0 Å². The van der Waals surface area contributed by atoms with Crippen LogP contribution in [0.5, 0.6) is 0 Å². The lowest BCUT2D eigenvalue weighted by molar-refractivity contribution is -0.232. The van der Waals surface area contributed by atoms with Gasteiger partial charge in [-0.05, 0) is 0 Å². The van der Waals surface area contributed by atoms with Crippen LogP contribution in [0.4, 0.5) is 17.6 Å². The van der Waals surface area contributed by atoms with E-state index in [0.717, 1.165) is 0 Å². The van der Waals surface area contributed by atoms with Crippen LogP contribution in [0.1, 0.15) is 0 Å². The molecule has 0 rings (SSSR count). The van der Waals surface area contributed by atoms with E-state index in [4.69, 9.17) is 4.55 Å². The zero-order chi connectivity index (χ0) is 13.9. The molecular formula is C4H5F4O7S2-. The molecule has 0 fully saturated rings. The number of halogens is 4. The van der Waals surface area contributed by atoms with Crippen molar-refractivity contribution in [1.29, 1.82) is 0 Å². The molecule has 0 aromatic carbocycles. The molecule has 104 valence electrons. The minimum Gasteiger partial charge on any atom is -0.750 e. The van der Waals surface area contributed by atoms with E-state index >= 15 is 0 Å². The number of rotatable bonds is 7. The zero-order valence-corrected chi connectivity index (χ0v) is 9.27. The van der Waals surface area contributed by atoms with Crippen LogP contribution in [0.25, 0.3) is 0 Å². The highest BCUT2D eigenvalue weighted by Crippen LogP contribution is 2.35. The molecule has 0 aliphatic heterocycles. The predicted molar refractivity (Wildman–Crippen MR) is 42.3 cm³/mol. The van der Waals surface area contributed by atoms with Crippen LogP contribution < -0.4 is 0 Å². The highest BCUT2D eigenvalue weighted by molar-refractivity contribution is 7.80. The van der Waals surface area contributed by atoms with E-state index in [9.17, 15) is 34.7 Å². The molecule has 0 aromatic heterocycles. The molecule has 17 heavy (non-hydrogen) atoms. The van der Waals surface area contributed by atoms with Crippen molar-refractivity contribution in [2.75, 3.05) is 13.2 Å². The maximum absolute atomic E-state index is 12.7. The third-order valence-electron chi connectivity index (χ3n) is 1.26. The Labute approximate surface area is 95.1 Å². The Balaban J connectivity index is 4.60. The van der Waals surface area contributed by atoms with Crippen molar-refractivity contribution >= 4 is 21.8 Å². The van der Waals surface area contributed by atoms with Gasteiger partial charge in [0, 0.05) is 0 Å². The van der Waals surface area contributed by atoms with Crippen LogP contribution in [0.3, 0.4) is 0 Å². The summed E-state index contributed by atoms with van der Waals surface area (Å²) in [5, 5.41) is 0. The Morgan fingerprint density at radius 3 is 1.94 bits per heavy atom. The molecule has 0 heterocycles. The van der Waals surface area contributed by atoms with Gasteiger partial charge < -0.3 is 4.55 Å². The fourth-order valence-corrected chi connectivity index (χ4v) is 1.02. The SMILES string of the molecule is O=S([O-])OCC(F)(F)C(F)(F)COS(=O)(=O)O. The molecule has 0 aromatic rings. The molecule has 0 radical (unpaired) electrons. The Morgan fingerprint density at radius 2 is 1.59 bits per heavy atom. The molecule has 13 heteroatoms. The lowest BCUT2D eigenvalue weighted by atomic mass is 10.2. The molecule has 1 atom stereocenters. The second-order valence-corrected chi connectivity index (χ2v) is 4.30. The first-order chi connectivity index (χ1) is 7.37. The van der Waals surface area contributed by atoms with Gasteiger partial charge in [-0.3, -0.25) is 8.74 Å². The standard InChI is InChI=1S/C4H6F4O7S2/c5-3(6,1-14-16(9)10)4(7,8)2-15-17(11,12)13/h1-2H2,(H,9,10)(H,11,12,13)/p-1.